The Balaban J connectivity index is 2.29. The van der Waals surface area contributed by atoms with Crippen LogP contribution in [0.15, 0.2) is 5.10 Å². The molecule has 0 aromatic carbocycles. The standard InChI is InChI=1S/C6H11N3O2/c7-5(6(10)11)4-9-3-1-2-8-9/h2,5H,1,3-4,7H2,(H,10,11). The Labute approximate surface area is 64.5 Å². The lowest BCUT2D eigenvalue weighted by Crippen LogP contribution is -2.40. The van der Waals surface area contributed by atoms with Gasteiger partial charge in [0.1, 0.15) is 6.04 Å². The number of rotatable bonds is 3. The average molecular weight is 157 g/mol. The highest BCUT2D eigenvalue weighted by atomic mass is 16.4. The highest BCUT2D eigenvalue weighted by molar-refractivity contribution is 5.73. The predicted molar refractivity (Wildman–Crippen MR) is 40.3 cm³/mol. The largest absolute Gasteiger partial charge is 0.480 e. The Morgan fingerprint density at radius 2 is 2.64 bits per heavy atom. The van der Waals surface area contributed by atoms with Crippen LogP contribution in [0.2, 0.25) is 0 Å². The lowest BCUT2D eigenvalue weighted by molar-refractivity contribution is -0.138. The molecule has 1 unspecified atom stereocenters. The van der Waals surface area contributed by atoms with Crippen LogP contribution in [-0.2, 0) is 4.79 Å². The van der Waals surface area contributed by atoms with E-state index in [9.17, 15) is 4.79 Å². The quantitative estimate of drug-likeness (QED) is 0.556. The summed E-state index contributed by atoms with van der Waals surface area (Å²) in [6.45, 7) is 1.08. The molecule has 0 fully saturated rings. The smallest absolute Gasteiger partial charge is 0.322 e. The predicted octanol–water partition coefficient (Wildman–Crippen LogP) is -0.910. The van der Waals surface area contributed by atoms with Gasteiger partial charge < -0.3 is 10.8 Å². The van der Waals surface area contributed by atoms with Crippen LogP contribution in [0, 0.1) is 0 Å². The van der Waals surface area contributed by atoms with Gasteiger partial charge in [-0.2, -0.15) is 5.10 Å². The molecule has 0 aliphatic carbocycles. The highest BCUT2D eigenvalue weighted by Gasteiger charge is 2.16. The number of nitrogens with two attached hydrogens (primary N) is 1. The van der Waals surface area contributed by atoms with E-state index in [0.29, 0.717) is 6.54 Å². The van der Waals surface area contributed by atoms with Gasteiger partial charge in [0.25, 0.3) is 0 Å². The van der Waals surface area contributed by atoms with Gasteiger partial charge in [0.05, 0.1) is 6.54 Å². The summed E-state index contributed by atoms with van der Waals surface area (Å²) in [4.78, 5) is 10.3. The maximum Gasteiger partial charge on any atom is 0.322 e. The zero-order valence-electron chi connectivity index (χ0n) is 6.10. The van der Waals surface area contributed by atoms with Gasteiger partial charge in [0, 0.05) is 19.2 Å². The van der Waals surface area contributed by atoms with E-state index in [4.69, 9.17) is 10.8 Å². The van der Waals surface area contributed by atoms with E-state index < -0.39 is 12.0 Å². The molecule has 1 aliphatic heterocycles. The summed E-state index contributed by atoms with van der Waals surface area (Å²) in [5.74, 6) is -0.980. The summed E-state index contributed by atoms with van der Waals surface area (Å²) in [5, 5.41) is 14.0. The number of carbonyl (C=O) groups is 1. The summed E-state index contributed by atoms with van der Waals surface area (Å²) in [6.07, 6.45) is 2.64. The van der Waals surface area contributed by atoms with Gasteiger partial charge in [-0.1, -0.05) is 0 Å². The fourth-order valence-corrected chi connectivity index (χ4v) is 0.881. The summed E-state index contributed by atoms with van der Waals surface area (Å²) in [7, 11) is 0. The molecule has 0 spiro atoms. The molecule has 0 saturated heterocycles. The lowest BCUT2D eigenvalue weighted by Gasteiger charge is -2.15. The summed E-state index contributed by atoms with van der Waals surface area (Å²) in [6, 6.07) is -0.828. The fourth-order valence-electron chi connectivity index (χ4n) is 0.881. The van der Waals surface area contributed by atoms with Crippen LogP contribution in [0.25, 0.3) is 0 Å². The minimum atomic E-state index is -0.980. The van der Waals surface area contributed by atoms with Gasteiger partial charge in [-0.25, -0.2) is 0 Å². The fraction of sp³-hybridized carbons (Fsp3) is 0.667. The number of aliphatic carboxylic acids is 1. The molecule has 5 heteroatoms. The Hall–Kier alpha value is -1.10. The van der Waals surface area contributed by atoms with Gasteiger partial charge in [-0.05, 0) is 0 Å². The second-order valence-electron chi connectivity index (χ2n) is 2.44. The molecule has 1 rings (SSSR count). The molecule has 0 bridgehead atoms. The molecule has 62 valence electrons. The zero-order chi connectivity index (χ0) is 8.27. The van der Waals surface area contributed by atoms with Crippen LogP contribution in [0.1, 0.15) is 6.42 Å². The first-order chi connectivity index (χ1) is 5.20. The first kappa shape index (κ1) is 8.00. The minimum Gasteiger partial charge on any atom is -0.480 e. The third kappa shape index (κ3) is 2.19. The van der Waals surface area contributed by atoms with E-state index in [1.165, 1.54) is 0 Å². The van der Waals surface area contributed by atoms with Crippen molar-refractivity contribution in [1.29, 1.82) is 0 Å². The number of hydrogen-bond donors (Lipinski definition) is 2. The number of hydrazone groups is 1. The van der Waals surface area contributed by atoms with Crippen LogP contribution in [0.5, 0.6) is 0 Å². The molecule has 1 atom stereocenters. The molecule has 3 N–H and O–H groups in total. The van der Waals surface area contributed by atoms with E-state index in [0.717, 1.165) is 13.0 Å². The Morgan fingerprint density at radius 3 is 3.09 bits per heavy atom. The summed E-state index contributed by atoms with van der Waals surface area (Å²) < 4.78 is 0. The summed E-state index contributed by atoms with van der Waals surface area (Å²) >= 11 is 0. The van der Waals surface area contributed by atoms with Crippen molar-refractivity contribution in [3.63, 3.8) is 0 Å². The number of nitrogens with zero attached hydrogens (tertiary/aromatic N) is 2. The van der Waals surface area contributed by atoms with Gasteiger partial charge in [0.15, 0.2) is 0 Å². The van der Waals surface area contributed by atoms with Crippen molar-refractivity contribution < 1.29 is 9.90 Å². The second-order valence-corrected chi connectivity index (χ2v) is 2.44. The zero-order valence-corrected chi connectivity index (χ0v) is 6.10. The van der Waals surface area contributed by atoms with Gasteiger partial charge in [0.2, 0.25) is 0 Å². The van der Waals surface area contributed by atoms with E-state index >= 15 is 0 Å². The van der Waals surface area contributed by atoms with Crippen LogP contribution >= 0.6 is 0 Å². The van der Waals surface area contributed by atoms with E-state index in [1.54, 1.807) is 11.2 Å². The Kier molecular flexibility index (Phi) is 2.43. The van der Waals surface area contributed by atoms with Crippen LogP contribution in [0.3, 0.4) is 0 Å². The molecule has 1 heterocycles. The SMILES string of the molecule is NC(CN1CCC=N1)C(=O)O. The Morgan fingerprint density at radius 1 is 1.91 bits per heavy atom. The van der Waals surface area contributed by atoms with Gasteiger partial charge in [-0.3, -0.25) is 9.80 Å². The summed E-state index contributed by atoms with van der Waals surface area (Å²) in [5.41, 5.74) is 5.28. The van der Waals surface area contributed by atoms with Gasteiger partial charge in [-0.15, -0.1) is 0 Å². The molecule has 0 aromatic heterocycles. The molecule has 0 saturated carbocycles. The van der Waals surface area contributed by atoms with E-state index in [1.807, 2.05) is 0 Å². The molecule has 1 aliphatic rings. The number of carboxylic acid groups (broad SMARTS) is 1. The normalized spacial score (nSPS) is 18.8. The van der Waals surface area contributed by atoms with Crippen molar-refractivity contribution in [2.45, 2.75) is 12.5 Å². The van der Waals surface area contributed by atoms with Crippen LogP contribution < -0.4 is 5.73 Å². The molecular weight excluding hydrogens is 146 g/mol. The number of carboxylic acids is 1. The lowest BCUT2D eigenvalue weighted by atomic mass is 10.3. The average Bonchev–Trinajstić information content (AvgIpc) is 2.39. The molecule has 5 nitrogen and oxygen atoms in total. The number of hydrogen-bond acceptors (Lipinski definition) is 4. The molecule has 0 amide bonds. The molecule has 11 heavy (non-hydrogen) atoms. The monoisotopic (exact) mass is 157 g/mol. The van der Waals surface area contributed by atoms with Crippen molar-refractivity contribution >= 4 is 12.2 Å². The highest BCUT2D eigenvalue weighted by Crippen LogP contribution is 1.99. The molecule has 0 aromatic rings. The van der Waals surface area contributed by atoms with Crippen molar-refractivity contribution in [2.75, 3.05) is 13.1 Å². The topological polar surface area (TPSA) is 78.9 Å². The molecule has 0 radical (unpaired) electrons. The third-order valence-corrected chi connectivity index (χ3v) is 1.49. The van der Waals surface area contributed by atoms with Crippen molar-refractivity contribution in [3.8, 4) is 0 Å². The van der Waals surface area contributed by atoms with Crippen molar-refractivity contribution in [3.05, 3.63) is 0 Å². The first-order valence-corrected chi connectivity index (χ1v) is 3.46. The first-order valence-electron chi connectivity index (χ1n) is 3.46. The van der Waals surface area contributed by atoms with Crippen LogP contribution in [0.4, 0.5) is 0 Å². The maximum atomic E-state index is 10.3. The van der Waals surface area contributed by atoms with Gasteiger partial charge >= 0.3 is 5.97 Å². The van der Waals surface area contributed by atoms with E-state index in [-0.39, 0.29) is 0 Å². The third-order valence-electron chi connectivity index (χ3n) is 1.49. The maximum absolute atomic E-state index is 10.3. The van der Waals surface area contributed by atoms with Crippen LogP contribution in [-0.4, -0.2) is 41.4 Å². The van der Waals surface area contributed by atoms with E-state index in [2.05, 4.69) is 5.10 Å². The molecular formula is C6H11N3O2. The van der Waals surface area contributed by atoms with Crippen molar-refractivity contribution in [1.82, 2.24) is 5.01 Å². The minimum absolute atomic E-state index is 0.297. The Bertz CT molecular complexity index is 181. The van der Waals surface area contributed by atoms with Crippen molar-refractivity contribution in [2.24, 2.45) is 10.8 Å². The second kappa shape index (κ2) is 3.34.